The van der Waals surface area contributed by atoms with Crippen LogP contribution in [0.25, 0.3) is 16.8 Å². The number of nitrogens with zero attached hydrogens (tertiary/aromatic N) is 5. The lowest BCUT2D eigenvalue weighted by molar-refractivity contribution is 0.0538. The molecule has 1 N–H and O–H groups in total. The zero-order valence-electron chi connectivity index (χ0n) is 17.9. The van der Waals surface area contributed by atoms with Crippen molar-refractivity contribution in [1.82, 2.24) is 24.9 Å². The number of anilines is 1. The van der Waals surface area contributed by atoms with Gasteiger partial charge in [-0.3, -0.25) is 4.79 Å². The Morgan fingerprint density at radius 1 is 1.21 bits per heavy atom. The van der Waals surface area contributed by atoms with Crippen LogP contribution in [0.5, 0.6) is 0 Å². The Balaban J connectivity index is 1.44. The molecule has 0 saturated carbocycles. The molecular formula is C23H22F2N6O2. The van der Waals surface area contributed by atoms with E-state index in [1.54, 1.807) is 4.90 Å². The van der Waals surface area contributed by atoms with Crippen molar-refractivity contribution in [2.24, 2.45) is 5.92 Å². The number of aromatic nitrogens is 4. The minimum absolute atomic E-state index is 0.121. The van der Waals surface area contributed by atoms with Gasteiger partial charge in [0, 0.05) is 19.2 Å². The number of hydrogen-bond donors (Lipinski definition) is 1. The van der Waals surface area contributed by atoms with E-state index in [9.17, 15) is 13.6 Å². The van der Waals surface area contributed by atoms with E-state index in [1.807, 2.05) is 24.3 Å². The number of carbonyl (C=O) groups excluding carboxylic acids is 1. The van der Waals surface area contributed by atoms with Crippen molar-refractivity contribution >= 4 is 23.0 Å². The number of halogens is 2. The number of likely N-dealkylation sites (tertiary alicyclic amines) is 1. The lowest BCUT2D eigenvalue weighted by Crippen LogP contribution is -2.51. The first kappa shape index (κ1) is 21.0. The second-order valence-electron chi connectivity index (χ2n) is 8.16. The molecule has 5 rings (SSSR count). The zero-order chi connectivity index (χ0) is 22.9. The SMILES string of the molecule is CC1CCCN(C(=O)c2cc(F)cc(F)c2-n2nccn2)C1CNc1nc2ccccc2o1. The van der Waals surface area contributed by atoms with E-state index < -0.39 is 17.5 Å². The van der Waals surface area contributed by atoms with Crippen molar-refractivity contribution in [2.75, 3.05) is 18.4 Å². The largest absolute Gasteiger partial charge is 0.424 e. The van der Waals surface area contributed by atoms with Crippen molar-refractivity contribution in [3.05, 3.63) is 66.0 Å². The average molecular weight is 452 g/mol. The fourth-order valence-electron chi connectivity index (χ4n) is 4.37. The Hall–Kier alpha value is -3.82. The summed E-state index contributed by atoms with van der Waals surface area (Å²) in [5.41, 5.74) is 1.10. The molecule has 8 nitrogen and oxygen atoms in total. The minimum Gasteiger partial charge on any atom is -0.424 e. The molecule has 0 bridgehead atoms. The van der Waals surface area contributed by atoms with Gasteiger partial charge in [-0.25, -0.2) is 8.78 Å². The quantitative estimate of drug-likeness (QED) is 0.492. The lowest BCUT2D eigenvalue weighted by Gasteiger charge is -2.40. The van der Waals surface area contributed by atoms with E-state index in [2.05, 4.69) is 27.4 Å². The second kappa shape index (κ2) is 8.61. The molecular weight excluding hydrogens is 430 g/mol. The van der Waals surface area contributed by atoms with Gasteiger partial charge in [0.15, 0.2) is 11.4 Å². The van der Waals surface area contributed by atoms with Gasteiger partial charge in [0.25, 0.3) is 11.9 Å². The molecule has 0 spiro atoms. The van der Waals surface area contributed by atoms with E-state index in [4.69, 9.17) is 4.42 Å². The third kappa shape index (κ3) is 4.04. The van der Waals surface area contributed by atoms with Crippen LogP contribution in [0.2, 0.25) is 0 Å². The maximum absolute atomic E-state index is 14.7. The summed E-state index contributed by atoms with van der Waals surface area (Å²) in [5, 5.41) is 11.1. The van der Waals surface area contributed by atoms with Gasteiger partial charge in [-0.05, 0) is 37.0 Å². The van der Waals surface area contributed by atoms with E-state index in [0.717, 1.165) is 35.3 Å². The maximum atomic E-state index is 14.7. The number of hydrogen-bond acceptors (Lipinski definition) is 6. The molecule has 33 heavy (non-hydrogen) atoms. The number of benzene rings is 2. The number of rotatable bonds is 5. The molecule has 4 aromatic rings. The van der Waals surface area contributed by atoms with E-state index in [1.165, 1.54) is 12.4 Å². The van der Waals surface area contributed by atoms with Gasteiger partial charge in [0.1, 0.15) is 17.0 Å². The zero-order valence-corrected chi connectivity index (χ0v) is 17.9. The van der Waals surface area contributed by atoms with E-state index in [0.29, 0.717) is 24.7 Å². The molecule has 1 saturated heterocycles. The summed E-state index contributed by atoms with van der Waals surface area (Å²) in [6.45, 7) is 2.90. The summed E-state index contributed by atoms with van der Waals surface area (Å²) < 4.78 is 34.6. The Labute approximate surface area is 188 Å². The minimum atomic E-state index is -0.902. The van der Waals surface area contributed by atoms with Gasteiger partial charge in [0.05, 0.1) is 24.0 Å². The number of carbonyl (C=O) groups is 1. The molecule has 1 aliphatic rings. The van der Waals surface area contributed by atoms with Gasteiger partial charge < -0.3 is 14.6 Å². The van der Waals surface area contributed by atoms with Crippen molar-refractivity contribution in [2.45, 2.75) is 25.8 Å². The van der Waals surface area contributed by atoms with Crippen LogP contribution in [0.1, 0.15) is 30.1 Å². The van der Waals surface area contributed by atoms with Crippen molar-refractivity contribution in [1.29, 1.82) is 0 Å². The van der Waals surface area contributed by atoms with Crippen LogP contribution in [0.4, 0.5) is 14.8 Å². The number of piperidine rings is 1. The molecule has 10 heteroatoms. The molecule has 2 atom stereocenters. The summed E-state index contributed by atoms with van der Waals surface area (Å²) in [6.07, 6.45) is 4.45. The van der Waals surface area contributed by atoms with Crippen molar-refractivity contribution in [3.8, 4) is 5.69 Å². The number of fused-ring (bicyclic) bond motifs is 1. The second-order valence-corrected chi connectivity index (χ2v) is 8.16. The molecule has 1 aliphatic heterocycles. The number of oxazole rings is 1. The van der Waals surface area contributed by atoms with Gasteiger partial charge in [-0.1, -0.05) is 19.1 Å². The Morgan fingerprint density at radius 3 is 2.79 bits per heavy atom. The fraction of sp³-hybridized carbons (Fsp3) is 0.304. The van der Waals surface area contributed by atoms with Crippen LogP contribution in [0.15, 0.2) is 53.2 Å². The number of para-hydroxylation sites is 2. The first-order valence-electron chi connectivity index (χ1n) is 10.8. The maximum Gasteiger partial charge on any atom is 0.295 e. The Morgan fingerprint density at radius 2 is 2.00 bits per heavy atom. The number of amides is 1. The van der Waals surface area contributed by atoms with Crippen LogP contribution in [-0.2, 0) is 0 Å². The highest BCUT2D eigenvalue weighted by Gasteiger charge is 2.34. The van der Waals surface area contributed by atoms with Crippen molar-refractivity contribution in [3.63, 3.8) is 0 Å². The predicted octanol–water partition coefficient (Wildman–Crippen LogP) is 4.04. The highest BCUT2D eigenvalue weighted by atomic mass is 19.1. The molecule has 1 fully saturated rings. The van der Waals surface area contributed by atoms with Crippen LogP contribution in [0, 0.1) is 17.6 Å². The van der Waals surface area contributed by atoms with Crippen LogP contribution < -0.4 is 5.32 Å². The standard InChI is InChI=1S/C23H22F2N6O2/c1-14-5-4-10-30(19(14)13-26-23-29-18-6-2-3-7-20(18)33-23)22(32)16-11-15(24)12-17(25)21(16)31-27-8-9-28-31/h2-3,6-9,11-12,14,19H,4-5,10,13H2,1H3,(H,26,29). The molecule has 0 aliphatic carbocycles. The fourth-order valence-corrected chi connectivity index (χ4v) is 4.37. The normalized spacial score (nSPS) is 18.6. The molecule has 2 aromatic carbocycles. The van der Waals surface area contributed by atoms with Crippen LogP contribution >= 0.6 is 0 Å². The Kier molecular flexibility index (Phi) is 5.49. The first-order valence-corrected chi connectivity index (χ1v) is 10.8. The third-order valence-corrected chi connectivity index (χ3v) is 6.01. The van der Waals surface area contributed by atoms with Gasteiger partial charge in [-0.2, -0.15) is 15.2 Å². The average Bonchev–Trinajstić information content (AvgIpc) is 3.46. The van der Waals surface area contributed by atoms with Crippen LogP contribution in [0.3, 0.4) is 0 Å². The summed E-state index contributed by atoms with van der Waals surface area (Å²) >= 11 is 0. The summed E-state index contributed by atoms with van der Waals surface area (Å²) in [7, 11) is 0. The monoisotopic (exact) mass is 452 g/mol. The summed E-state index contributed by atoms with van der Waals surface area (Å²) in [4.78, 5) is 20.7. The summed E-state index contributed by atoms with van der Waals surface area (Å²) in [5.74, 6) is -2.06. The highest BCUT2D eigenvalue weighted by Crippen LogP contribution is 2.29. The summed E-state index contributed by atoms with van der Waals surface area (Å²) in [6, 6.07) is 9.32. The molecule has 0 radical (unpaired) electrons. The van der Waals surface area contributed by atoms with E-state index >= 15 is 0 Å². The first-order chi connectivity index (χ1) is 16.0. The van der Waals surface area contributed by atoms with E-state index in [-0.39, 0.29) is 23.2 Å². The number of nitrogens with one attached hydrogen (secondary N) is 1. The molecule has 3 heterocycles. The smallest absolute Gasteiger partial charge is 0.295 e. The topological polar surface area (TPSA) is 89.1 Å². The molecule has 1 amide bonds. The lowest BCUT2D eigenvalue weighted by atomic mass is 9.90. The van der Waals surface area contributed by atoms with Gasteiger partial charge >= 0.3 is 0 Å². The molecule has 2 aromatic heterocycles. The van der Waals surface area contributed by atoms with Gasteiger partial charge in [-0.15, -0.1) is 4.80 Å². The van der Waals surface area contributed by atoms with Crippen molar-refractivity contribution < 1.29 is 18.0 Å². The predicted molar refractivity (Wildman–Crippen MR) is 117 cm³/mol. The van der Waals surface area contributed by atoms with Crippen LogP contribution in [-0.4, -0.2) is 49.9 Å². The molecule has 2 unspecified atom stereocenters. The van der Waals surface area contributed by atoms with Gasteiger partial charge in [0.2, 0.25) is 0 Å². The highest BCUT2D eigenvalue weighted by molar-refractivity contribution is 5.98. The third-order valence-electron chi connectivity index (χ3n) is 6.01. The Bertz CT molecular complexity index is 1260. The molecule has 170 valence electrons.